The van der Waals surface area contributed by atoms with Crippen molar-refractivity contribution in [1.82, 2.24) is 5.32 Å². The number of nitrogens with zero attached hydrogens (tertiary/aromatic N) is 1. The molecule has 2 heterocycles. The monoisotopic (exact) mass is 436 g/mol. The maximum Gasteiger partial charge on any atom is 0.414 e. The van der Waals surface area contributed by atoms with Gasteiger partial charge in [-0.2, -0.15) is 0 Å². The van der Waals surface area contributed by atoms with E-state index in [2.05, 4.69) is 5.32 Å². The van der Waals surface area contributed by atoms with Crippen molar-refractivity contribution in [2.45, 2.75) is 29.7 Å². The van der Waals surface area contributed by atoms with Crippen molar-refractivity contribution in [3.63, 3.8) is 0 Å². The third-order valence-corrected chi connectivity index (χ3v) is 6.48. The number of halogens is 3. The fourth-order valence-corrected chi connectivity index (χ4v) is 4.70. The maximum absolute atomic E-state index is 14.6. The predicted octanol–water partition coefficient (Wildman–Crippen LogP) is 2.70. The molecular weight excluding hydrogens is 418 g/mol. The van der Waals surface area contributed by atoms with Gasteiger partial charge in [0.1, 0.15) is 23.4 Å². The molecule has 0 saturated carbocycles. The zero-order valence-corrected chi connectivity index (χ0v) is 16.7. The summed E-state index contributed by atoms with van der Waals surface area (Å²) in [5.74, 6) is 0.259. The Hall–Kier alpha value is -1.22. The van der Waals surface area contributed by atoms with E-state index in [1.807, 2.05) is 0 Å². The molecule has 0 bridgehead atoms. The lowest BCUT2D eigenvalue weighted by Crippen LogP contribution is -2.37. The van der Waals surface area contributed by atoms with Crippen LogP contribution in [0.5, 0.6) is 0 Å². The first kappa shape index (κ1) is 20.5. The van der Waals surface area contributed by atoms with E-state index >= 15 is 0 Å². The average Bonchev–Trinajstić information content (AvgIpc) is 3.01. The van der Waals surface area contributed by atoms with Gasteiger partial charge in [0.2, 0.25) is 0 Å². The molecule has 2 aliphatic heterocycles. The first-order valence-electron chi connectivity index (χ1n) is 8.53. The molecule has 0 aliphatic carbocycles. The molecule has 148 valence electrons. The number of carbonyl (C=O) groups is 2. The van der Waals surface area contributed by atoms with Crippen LogP contribution in [0.1, 0.15) is 24.3 Å². The van der Waals surface area contributed by atoms with Crippen LogP contribution in [0, 0.1) is 5.82 Å². The molecule has 2 amide bonds. The number of hydrogen-bond acceptors (Lipinski definition) is 4. The van der Waals surface area contributed by atoms with Crippen LogP contribution in [-0.2, 0) is 20.7 Å². The standard InChI is InChI=1S/C17H19Cl2FN2O4S/c18-15(19)16(23)21-8-12-9-22(17(24)26-12)11-1-2-13(14(20)7-11)10-3-5-27(25)6-4-10/h1-2,7,10,12,15H,3-6,8-9H2,(H,21,23)/t10-,12-,27-/m0/s1. The Kier molecular flexibility index (Phi) is 6.73. The van der Waals surface area contributed by atoms with Crippen molar-refractivity contribution >= 4 is 52.1 Å². The topological polar surface area (TPSA) is 81.7 Å². The van der Waals surface area contributed by atoms with E-state index in [9.17, 15) is 18.5 Å². The molecule has 0 radical (unpaired) electrons. The van der Waals surface area contributed by atoms with Crippen molar-refractivity contribution < 1.29 is 23.3 Å². The highest BCUT2D eigenvalue weighted by Crippen LogP contribution is 2.33. The number of alkyl halides is 2. The molecule has 2 aliphatic rings. The number of cyclic esters (lactones) is 1. The van der Waals surface area contributed by atoms with E-state index in [0.29, 0.717) is 35.6 Å². The molecule has 0 aromatic heterocycles. The molecule has 2 saturated heterocycles. The summed E-state index contributed by atoms with van der Waals surface area (Å²) in [5.41, 5.74) is 0.976. The second kappa shape index (κ2) is 8.86. The van der Waals surface area contributed by atoms with Crippen LogP contribution in [0.15, 0.2) is 18.2 Å². The molecule has 1 N–H and O–H groups in total. The van der Waals surface area contributed by atoms with Gasteiger partial charge < -0.3 is 14.6 Å². The van der Waals surface area contributed by atoms with Gasteiger partial charge in [-0.05, 0) is 36.5 Å². The minimum absolute atomic E-state index is 0.0456. The van der Waals surface area contributed by atoms with Crippen LogP contribution in [-0.4, -0.2) is 52.1 Å². The number of amides is 2. The molecule has 0 spiro atoms. The highest BCUT2D eigenvalue weighted by atomic mass is 35.5. The van der Waals surface area contributed by atoms with Gasteiger partial charge in [0.05, 0.1) is 18.8 Å². The van der Waals surface area contributed by atoms with Gasteiger partial charge in [0.15, 0.2) is 4.84 Å². The van der Waals surface area contributed by atoms with E-state index in [-0.39, 0.29) is 24.8 Å². The SMILES string of the molecule is O=C(NC[C@H]1CN(c2ccc([C@H]3CC[S@+]([O-])CC3)c(F)c2)C(=O)O1)C(Cl)Cl. The van der Waals surface area contributed by atoms with E-state index in [1.54, 1.807) is 12.1 Å². The third kappa shape index (κ3) is 4.99. The van der Waals surface area contributed by atoms with Crippen LogP contribution in [0.4, 0.5) is 14.9 Å². The van der Waals surface area contributed by atoms with Gasteiger partial charge in [-0.1, -0.05) is 40.4 Å². The second-order valence-electron chi connectivity index (χ2n) is 6.49. The molecule has 3 rings (SSSR count). The number of benzene rings is 1. The number of nitrogens with one attached hydrogen (secondary N) is 1. The van der Waals surface area contributed by atoms with E-state index in [1.165, 1.54) is 11.0 Å². The average molecular weight is 437 g/mol. The minimum Gasteiger partial charge on any atom is -0.616 e. The lowest BCUT2D eigenvalue weighted by molar-refractivity contribution is -0.119. The fourth-order valence-electron chi connectivity index (χ4n) is 3.25. The first-order valence-corrected chi connectivity index (χ1v) is 10.9. The molecule has 1 atom stereocenters. The zero-order valence-electron chi connectivity index (χ0n) is 14.3. The summed E-state index contributed by atoms with van der Waals surface area (Å²) in [5, 5.41) is 2.48. The van der Waals surface area contributed by atoms with Crippen molar-refractivity contribution in [1.29, 1.82) is 0 Å². The Bertz CT molecular complexity index is 716. The smallest absolute Gasteiger partial charge is 0.414 e. The largest absolute Gasteiger partial charge is 0.616 e. The Morgan fingerprint density at radius 1 is 1.41 bits per heavy atom. The molecule has 1 aromatic carbocycles. The first-order chi connectivity index (χ1) is 12.8. The van der Waals surface area contributed by atoms with Crippen molar-refractivity contribution in [3.05, 3.63) is 29.6 Å². The van der Waals surface area contributed by atoms with Crippen LogP contribution in [0.25, 0.3) is 0 Å². The van der Waals surface area contributed by atoms with Crippen LogP contribution < -0.4 is 10.2 Å². The van der Waals surface area contributed by atoms with Crippen LogP contribution in [0.2, 0.25) is 0 Å². The summed E-state index contributed by atoms with van der Waals surface area (Å²) in [6.45, 7) is 0.242. The molecule has 2 fully saturated rings. The molecule has 0 unspecified atom stereocenters. The normalized spacial score (nSPS) is 25.6. The summed E-state index contributed by atoms with van der Waals surface area (Å²) in [7, 11) is 0. The third-order valence-electron chi connectivity index (χ3n) is 4.70. The summed E-state index contributed by atoms with van der Waals surface area (Å²) in [4.78, 5) is 23.6. The second-order valence-corrected chi connectivity index (χ2v) is 9.28. The lowest BCUT2D eigenvalue weighted by atomic mass is 9.93. The van der Waals surface area contributed by atoms with Gasteiger partial charge in [0, 0.05) is 0 Å². The number of hydrogen-bond donors (Lipinski definition) is 1. The van der Waals surface area contributed by atoms with Crippen molar-refractivity contribution in [2.75, 3.05) is 29.5 Å². The molecule has 1 aromatic rings. The van der Waals surface area contributed by atoms with Gasteiger partial charge in [0.25, 0.3) is 5.91 Å². The van der Waals surface area contributed by atoms with E-state index in [0.717, 1.165) is 0 Å². The summed E-state index contributed by atoms with van der Waals surface area (Å²) in [6.07, 6.45) is 0.198. The Balaban J connectivity index is 1.63. The van der Waals surface area contributed by atoms with E-state index in [4.69, 9.17) is 27.9 Å². The van der Waals surface area contributed by atoms with E-state index < -0.39 is 34.1 Å². The molecular formula is C17H19Cl2FN2O4S. The Labute approximate surface area is 169 Å². The van der Waals surface area contributed by atoms with Gasteiger partial charge in [-0.15, -0.1) is 0 Å². The molecule has 6 nitrogen and oxygen atoms in total. The van der Waals surface area contributed by atoms with Crippen LogP contribution in [0.3, 0.4) is 0 Å². The molecule has 27 heavy (non-hydrogen) atoms. The Morgan fingerprint density at radius 2 is 2.11 bits per heavy atom. The van der Waals surface area contributed by atoms with Crippen molar-refractivity contribution in [3.8, 4) is 0 Å². The van der Waals surface area contributed by atoms with Crippen molar-refractivity contribution in [2.24, 2.45) is 0 Å². The number of anilines is 1. The zero-order chi connectivity index (χ0) is 19.6. The number of rotatable bonds is 5. The number of ether oxygens (including phenoxy) is 1. The lowest BCUT2D eigenvalue weighted by Gasteiger charge is -2.25. The van der Waals surface area contributed by atoms with Gasteiger partial charge >= 0.3 is 6.09 Å². The quantitative estimate of drug-likeness (QED) is 0.568. The number of carbonyl (C=O) groups excluding carboxylic acids is 2. The highest BCUT2D eigenvalue weighted by molar-refractivity contribution is 7.91. The minimum atomic E-state index is -1.20. The summed E-state index contributed by atoms with van der Waals surface area (Å²) >= 11 is 10.1. The predicted molar refractivity (Wildman–Crippen MR) is 102 cm³/mol. The Morgan fingerprint density at radius 3 is 2.74 bits per heavy atom. The molecule has 10 heteroatoms. The highest BCUT2D eigenvalue weighted by Gasteiger charge is 2.33. The fraction of sp³-hybridized carbons (Fsp3) is 0.529. The van der Waals surface area contributed by atoms with Crippen LogP contribution >= 0.6 is 23.2 Å². The van der Waals surface area contributed by atoms with Gasteiger partial charge in [-0.3, -0.25) is 9.69 Å². The van der Waals surface area contributed by atoms with Gasteiger partial charge in [-0.25, -0.2) is 9.18 Å². The summed E-state index contributed by atoms with van der Waals surface area (Å²) < 4.78 is 31.3. The summed E-state index contributed by atoms with van der Waals surface area (Å²) in [6, 6.07) is 4.67. The maximum atomic E-state index is 14.6.